The number of hydrogen-bond acceptors (Lipinski definition) is 7. The van der Waals surface area contributed by atoms with Crippen LogP contribution < -0.4 is 5.32 Å². The molecular weight excluding hydrogens is 404 g/mol. The molecule has 176 valence electrons. The number of amides is 1. The molecule has 11 nitrogen and oxygen atoms in total. The molecule has 0 heterocycles. The lowest BCUT2D eigenvalue weighted by atomic mass is 10.2. The minimum atomic E-state index is -0.603. The first kappa shape index (κ1) is 30.3. The van der Waals surface area contributed by atoms with Crippen LogP contribution in [0.4, 0.5) is 17.1 Å². The van der Waals surface area contributed by atoms with Crippen LogP contribution in [0.3, 0.4) is 0 Å². The molecule has 1 rings (SSSR count). The molecule has 11 heteroatoms. The number of nitro groups is 1. The summed E-state index contributed by atoms with van der Waals surface area (Å²) in [5, 5.41) is 17.4. The Hall–Kier alpha value is -2.88. The van der Waals surface area contributed by atoms with E-state index in [4.69, 9.17) is 15.0 Å². The van der Waals surface area contributed by atoms with E-state index >= 15 is 0 Å². The number of ether oxygens (including phenoxy) is 2. The number of nitrogens with one attached hydrogen (secondary N) is 1. The van der Waals surface area contributed by atoms with Crippen LogP contribution in [0.2, 0.25) is 0 Å². The van der Waals surface area contributed by atoms with Crippen molar-refractivity contribution in [3.8, 4) is 0 Å². The summed E-state index contributed by atoms with van der Waals surface area (Å²) in [5.74, 6) is -0.238. The number of nitrogens with zero attached hydrogens (tertiary/aromatic N) is 5. The van der Waals surface area contributed by atoms with E-state index in [0.717, 1.165) is 6.07 Å². The van der Waals surface area contributed by atoms with Crippen molar-refractivity contribution in [1.82, 2.24) is 4.90 Å². The van der Waals surface area contributed by atoms with Crippen molar-refractivity contribution in [2.75, 3.05) is 38.2 Å². The predicted octanol–water partition coefficient (Wildman–Crippen LogP) is 4.90. The Morgan fingerprint density at radius 3 is 2.19 bits per heavy atom. The highest BCUT2D eigenvalue weighted by molar-refractivity contribution is 5.82. The van der Waals surface area contributed by atoms with Gasteiger partial charge in [-0.15, -0.1) is 0 Å². The largest absolute Gasteiger partial charge is 0.377 e. The molecule has 0 unspecified atom stereocenters. The first-order valence-corrected chi connectivity index (χ1v) is 9.33. The van der Waals surface area contributed by atoms with E-state index < -0.39 is 4.92 Å². The normalized spacial score (nSPS) is 10.0. The molecule has 0 bridgehead atoms. The van der Waals surface area contributed by atoms with Gasteiger partial charge in [-0.05, 0) is 39.3 Å². The van der Waals surface area contributed by atoms with Gasteiger partial charge in [0, 0.05) is 29.8 Å². The molecule has 0 atom stereocenters. The number of rotatable bonds is 13. The second kappa shape index (κ2) is 15.9. The number of carbonyl (C=O) groups excluding carboxylic acids is 1. The minimum absolute atomic E-state index is 0. The zero-order valence-corrected chi connectivity index (χ0v) is 17.2. The van der Waals surface area contributed by atoms with Gasteiger partial charge in [0.2, 0.25) is 5.91 Å². The lowest BCUT2D eigenvalue weighted by Crippen LogP contribution is -2.40. The second-order valence-corrected chi connectivity index (χ2v) is 6.72. The Kier molecular flexibility index (Phi) is 15.5. The molecular formula is C20H36N6O5. The Bertz CT molecular complexity index is 721. The highest BCUT2D eigenvalue weighted by atomic mass is 16.6. The third-order valence-corrected chi connectivity index (χ3v) is 3.75. The molecule has 0 aliphatic heterocycles. The number of azide groups is 1. The van der Waals surface area contributed by atoms with Crippen molar-refractivity contribution in [3.63, 3.8) is 0 Å². The van der Waals surface area contributed by atoms with E-state index in [1.54, 1.807) is 4.90 Å². The van der Waals surface area contributed by atoms with Crippen molar-refractivity contribution in [2.24, 2.45) is 5.11 Å². The van der Waals surface area contributed by atoms with E-state index in [0.29, 0.717) is 26.3 Å². The molecule has 31 heavy (non-hydrogen) atoms. The number of hydrogen-bond donors (Lipinski definition) is 1. The zero-order valence-electron chi connectivity index (χ0n) is 17.2. The molecule has 0 spiro atoms. The SMILES string of the molecule is C.C.CC(C)OCCN(CCOC(C)C)C(=O)CNc1ccc(N=[N+]=[N-])cc1[N+](=O)[O-]. The molecule has 0 fully saturated rings. The van der Waals surface area contributed by atoms with E-state index in [1.807, 2.05) is 27.7 Å². The summed E-state index contributed by atoms with van der Waals surface area (Å²) in [6.07, 6.45) is 0.100. The summed E-state index contributed by atoms with van der Waals surface area (Å²) in [7, 11) is 0. The van der Waals surface area contributed by atoms with Gasteiger partial charge in [0.1, 0.15) is 5.69 Å². The van der Waals surface area contributed by atoms with Crippen LogP contribution in [0.15, 0.2) is 23.3 Å². The quantitative estimate of drug-likeness (QED) is 0.152. The first-order valence-electron chi connectivity index (χ1n) is 9.33. The fourth-order valence-electron chi connectivity index (χ4n) is 2.38. The predicted molar refractivity (Wildman–Crippen MR) is 123 cm³/mol. The van der Waals surface area contributed by atoms with Crippen molar-refractivity contribution in [2.45, 2.75) is 54.8 Å². The van der Waals surface area contributed by atoms with Gasteiger partial charge in [0.05, 0.1) is 36.9 Å². The van der Waals surface area contributed by atoms with Crippen LogP contribution in [-0.4, -0.2) is 60.8 Å². The van der Waals surface area contributed by atoms with Crippen molar-refractivity contribution >= 4 is 23.0 Å². The average molecular weight is 441 g/mol. The Morgan fingerprint density at radius 2 is 1.74 bits per heavy atom. The summed E-state index contributed by atoms with van der Waals surface area (Å²) in [5.41, 5.74) is 8.47. The standard InChI is InChI=1S/C18H28N6O5.2CH4/c1-13(2)28-9-7-23(8-10-29-14(3)4)18(25)12-20-16-6-5-15(21-22-19)11-17(16)24(26)27;;/h5-6,11,13-14,20H,7-10,12H2,1-4H3;2*1H4. The Balaban J connectivity index is 0. The van der Waals surface area contributed by atoms with E-state index in [-0.39, 0.29) is 56.6 Å². The molecule has 1 aromatic carbocycles. The maximum Gasteiger partial charge on any atom is 0.292 e. The van der Waals surface area contributed by atoms with E-state index in [1.165, 1.54) is 12.1 Å². The molecule has 1 N–H and O–H groups in total. The van der Waals surface area contributed by atoms with E-state index in [2.05, 4.69) is 15.3 Å². The van der Waals surface area contributed by atoms with Gasteiger partial charge in [-0.2, -0.15) is 0 Å². The molecule has 0 saturated carbocycles. The minimum Gasteiger partial charge on any atom is -0.377 e. The van der Waals surface area contributed by atoms with Crippen LogP contribution in [0.25, 0.3) is 10.4 Å². The van der Waals surface area contributed by atoms with Crippen molar-refractivity contribution in [1.29, 1.82) is 0 Å². The maximum atomic E-state index is 12.6. The number of benzene rings is 1. The van der Waals surface area contributed by atoms with Crippen molar-refractivity contribution < 1.29 is 19.2 Å². The molecule has 1 aromatic rings. The van der Waals surface area contributed by atoms with Crippen molar-refractivity contribution in [3.05, 3.63) is 38.8 Å². The first-order chi connectivity index (χ1) is 13.7. The van der Waals surface area contributed by atoms with Crippen LogP contribution in [0.5, 0.6) is 0 Å². The van der Waals surface area contributed by atoms with Gasteiger partial charge in [-0.1, -0.05) is 26.0 Å². The lowest BCUT2D eigenvalue weighted by molar-refractivity contribution is -0.383. The lowest BCUT2D eigenvalue weighted by Gasteiger charge is -2.24. The summed E-state index contributed by atoms with van der Waals surface area (Å²) in [6, 6.07) is 3.99. The number of carbonyl (C=O) groups is 1. The fraction of sp³-hybridized carbons (Fsp3) is 0.650. The summed E-state index contributed by atoms with van der Waals surface area (Å²) in [6.45, 7) is 9.05. The second-order valence-electron chi connectivity index (χ2n) is 6.72. The summed E-state index contributed by atoms with van der Waals surface area (Å²) >= 11 is 0. The number of nitro benzene ring substituents is 1. The van der Waals surface area contributed by atoms with Gasteiger partial charge in [-0.3, -0.25) is 14.9 Å². The smallest absolute Gasteiger partial charge is 0.292 e. The third-order valence-electron chi connectivity index (χ3n) is 3.75. The van der Waals surface area contributed by atoms with Crippen LogP contribution in [0, 0.1) is 10.1 Å². The van der Waals surface area contributed by atoms with Crippen LogP contribution in [0.1, 0.15) is 42.5 Å². The topological polar surface area (TPSA) is 143 Å². The summed E-state index contributed by atoms with van der Waals surface area (Å²) in [4.78, 5) is 27.5. The fourth-order valence-corrected chi connectivity index (χ4v) is 2.38. The van der Waals surface area contributed by atoms with Gasteiger partial charge < -0.3 is 19.7 Å². The average Bonchev–Trinajstić information content (AvgIpc) is 2.65. The highest BCUT2D eigenvalue weighted by Gasteiger charge is 2.18. The Labute approximate surface area is 184 Å². The Morgan fingerprint density at radius 1 is 1.19 bits per heavy atom. The molecule has 0 aromatic heterocycles. The molecule has 0 aliphatic rings. The van der Waals surface area contributed by atoms with Gasteiger partial charge in [0.25, 0.3) is 5.69 Å². The molecule has 1 amide bonds. The van der Waals surface area contributed by atoms with E-state index in [9.17, 15) is 14.9 Å². The maximum absolute atomic E-state index is 12.6. The molecule has 0 aliphatic carbocycles. The third kappa shape index (κ3) is 11.8. The van der Waals surface area contributed by atoms with Crippen LogP contribution >= 0.6 is 0 Å². The molecule has 0 saturated heterocycles. The summed E-state index contributed by atoms with van der Waals surface area (Å²) < 4.78 is 11.0. The van der Waals surface area contributed by atoms with Crippen LogP contribution in [-0.2, 0) is 14.3 Å². The molecule has 0 radical (unpaired) electrons. The zero-order chi connectivity index (χ0) is 21.8. The monoisotopic (exact) mass is 440 g/mol. The van der Waals surface area contributed by atoms with Gasteiger partial charge in [-0.25, -0.2) is 0 Å². The number of anilines is 1. The highest BCUT2D eigenvalue weighted by Crippen LogP contribution is 2.29. The van der Waals surface area contributed by atoms with Gasteiger partial charge >= 0.3 is 0 Å². The van der Waals surface area contributed by atoms with Gasteiger partial charge in [0.15, 0.2) is 0 Å².